The van der Waals surface area contributed by atoms with Crippen LogP contribution in [0.5, 0.6) is 0 Å². The van der Waals surface area contributed by atoms with Crippen LogP contribution in [0, 0.1) is 0 Å². The summed E-state index contributed by atoms with van der Waals surface area (Å²) in [5.74, 6) is -0.639. The van der Waals surface area contributed by atoms with E-state index in [9.17, 15) is 14.7 Å². The fourth-order valence-electron chi connectivity index (χ4n) is 6.90. The summed E-state index contributed by atoms with van der Waals surface area (Å²) in [7, 11) is 0. The zero-order valence-corrected chi connectivity index (χ0v) is 37.1. The van der Waals surface area contributed by atoms with Gasteiger partial charge < -0.3 is 14.6 Å². The highest BCUT2D eigenvalue weighted by molar-refractivity contribution is 5.70. The molecule has 0 aromatic heterocycles. The van der Waals surface area contributed by atoms with Gasteiger partial charge >= 0.3 is 11.9 Å². The predicted octanol–water partition coefficient (Wildman–Crippen LogP) is 15.7. The number of esters is 2. The summed E-state index contributed by atoms with van der Waals surface area (Å²) < 4.78 is 10.6. The molecule has 0 radical (unpaired) electrons. The van der Waals surface area contributed by atoms with Gasteiger partial charge in [-0.25, -0.2) is 0 Å². The lowest BCUT2D eigenvalue weighted by Crippen LogP contribution is -2.28. The topological polar surface area (TPSA) is 72.8 Å². The number of carbonyl (C=O) groups excluding carboxylic acids is 2. The fraction of sp³-hybridized carbons (Fsp3) is 0.804. The van der Waals surface area contributed by atoms with Crippen molar-refractivity contribution >= 4 is 11.9 Å². The van der Waals surface area contributed by atoms with Gasteiger partial charge in [0.25, 0.3) is 0 Å². The lowest BCUT2D eigenvalue weighted by Gasteiger charge is -2.15. The number of rotatable bonds is 44. The predicted molar refractivity (Wildman–Crippen MR) is 242 cm³/mol. The molecule has 56 heavy (non-hydrogen) atoms. The molecular formula is C51H92O5. The van der Waals surface area contributed by atoms with E-state index in [0.29, 0.717) is 12.8 Å². The Morgan fingerprint density at radius 1 is 0.411 bits per heavy atom. The van der Waals surface area contributed by atoms with E-state index in [1.165, 1.54) is 167 Å². The zero-order chi connectivity index (χ0) is 40.7. The molecule has 0 rings (SSSR count). The first-order valence-electron chi connectivity index (χ1n) is 24.2. The smallest absolute Gasteiger partial charge is 0.306 e. The minimum absolute atomic E-state index is 0.0879. The molecule has 0 saturated heterocycles. The molecule has 0 aromatic carbocycles. The Labute approximate surface area is 348 Å². The van der Waals surface area contributed by atoms with Crippen LogP contribution in [-0.4, -0.2) is 36.4 Å². The highest BCUT2D eigenvalue weighted by Crippen LogP contribution is 2.15. The van der Waals surface area contributed by atoms with E-state index in [1.54, 1.807) is 0 Å². The van der Waals surface area contributed by atoms with Crippen LogP contribution in [0.15, 0.2) is 48.6 Å². The number of aliphatic hydroxyl groups is 1. The maximum Gasteiger partial charge on any atom is 0.306 e. The maximum atomic E-state index is 12.2. The van der Waals surface area contributed by atoms with Crippen molar-refractivity contribution in [3.05, 3.63) is 48.6 Å². The lowest BCUT2D eigenvalue weighted by molar-refractivity contribution is -0.161. The van der Waals surface area contributed by atoms with E-state index in [2.05, 4.69) is 62.5 Å². The van der Waals surface area contributed by atoms with Crippen LogP contribution in [0.2, 0.25) is 0 Å². The molecule has 1 N–H and O–H groups in total. The second kappa shape index (κ2) is 47.2. The average molecular weight is 785 g/mol. The van der Waals surface area contributed by atoms with Crippen LogP contribution in [0.3, 0.4) is 0 Å². The van der Waals surface area contributed by atoms with Gasteiger partial charge in [0, 0.05) is 12.8 Å². The van der Waals surface area contributed by atoms with Crippen molar-refractivity contribution in [2.75, 3.05) is 13.2 Å². The van der Waals surface area contributed by atoms with Crippen molar-refractivity contribution in [3.63, 3.8) is 0 Å². The molecule has 0 fully saturated rings. The van der Waals surface area contributed by atoms with Gasteiger partial charge in [-0.15, -0.1) is 0 Å². The molecule has 1 atom stereocenters. The standard InChI is InChI=1S/C51H92O5/c1-3-5-7-9-11-13-15-17-19-21-23-24-25-26-28-29-31-33-35-37-39-41-43-45-50(53)55-48-49(47-52)56-51(54)46-44-42-40-38-36-34-32-30-27-22-20-18-16-14-12-10-8-6-4-2/h12,14,18,20,29,31,37,39,49,52H,3-11,13,15-17,19,21-28,30,32-36,38,40-48H2,1-2H3/b14-12+,20-18+,31-29+,39-37+/t49-/m0/s1. The number of carbonyl (C=O) groups is 2. The molecule has 0 aromatic rings. The SMILES string of the molecule is CCCCC/C=C/C/C=C/CCCCCCCCCCCC(=O)O[C@@H](CO)COC(=O)CCC/C=C/CC/C=C/CCCCCCCCCCCCCCCC. The number of hydrogen-bond acceptors (Lipinski definition) is 5. The molecule has 0 aliphatic carbocycles. The van der Waals surface area contributed by atoms with Gasteiger partial charge in [0.15, 0.2) is 6.10 Å². The lowest BCUT2D eigenvalue weighted by atomic mass is 10.0. The van der Waals surface area contributed by atoms with E-state index in [0.717, 1.165) is 51.4 Å². The number of aliphatic hydroxyl groups excluding tert-OH is 1. The Hall–Kier alpha value is -2.14. The van der Waals surface area contributed by atoms with Crippen molar-refractivity contribution < 1.29 is 24.2 Å². The van der Waals surface area contributed by atoms with Crippen molar-refractivity contribution in [1.29, 1.82) is 0 Å². The Morgan fingerprint density at radius 3 is 1.21 bits per heavy atom. The second-order valence-electron chi connectivity index (χ2n) is 16.2. The summed E-state index contributed by atoms with van der Waals surface area (Å²) in [6, 6.07) is 0. The van der Waals surface area contributed by atoms with Gasteiger partial charge in [-0.1, -0.05) is 204 Å². The van der Waals surface area contributed by atoms with Gasteiger partial charge in [0.1, 0.15) is 6.61 Å². The van der Waals surface area contributed by atoms with Crippen LogP contribution in [0.1, 0.15) is 245 Å². The Morgan fingerprint density at radius 2 is 0.750 bits per heavy atom. The quantitative estimate of drug-likeness (QED) is 0.0378. The zero-order valence-electron chi connectivity index (χ0n) is 37.1. The third kappa shape index (κ3) is 44.6. The van der Waals surface area contributed by atoms with Crippen molar-refractivity contribution in [2.24, 2.45) is 0 Å². The Kier molecular flexibility index (Phi) is 45.4. The molecule has 326 valence electrons. The minimum atomic E-state index is -0.790. The molecule has 0 bridgehead atoms. The van der Waals surface area contributed by atoms with Gasteiger partial charge in [0.2, 0.25) is 0 Å². The second-order valence-corrected chi connectivity index (χ2v) is 16.2. The van der Waals surface area contributed by atoms with E-state index >= 15 is 0 Å². The third-order valence-electron chi connectivity index (χ3n) is 10.6. The van der Waals surface area contributed by atoms with Crippen LogP contribution in [-0.2, 0) is 19.1 Å². The summed E-state index contributed by atoms with van der Waals surface area (Å²) in [5.41, 5.74) is 0. The van der Waals surface area contributed by atoms with Crippen LogP contribution in [0.25, 0.3) is 0 Å². The van der Waals surface area contributed by atoms with Crippen LogP contribution >= 0.6 is 0 Å². The van der Waals surface area contributed by atoms with Crippen molar-refractivity contribution in [1.82, 2.24) is 0 Å². The average Bonchev–Trinajstić information content (AvgIpc) is 3.20. The normalized spacial score (nSPS) is 12.6. The van der Waals surface area contributed by atoms with Crippen molar-refractivity contribution in [2.45, 2.75) is 251 Å². The molecule has 0 amide bonds. The molecule has 0 aliphatic rings. The third-order valence-corrected chi connectivity index (χ3v) is 10.6. The monoisotopic (exact) mass is 785 g/mol. The molecular weight excluding hydrogens is 693 g/mol. The molecule has 0 saturated carbocycles. The Balaban J connectivity index is 3.56. The highest BCUT2D eigenvalue weighted by atomic mass is 16.6. The maximum absolute atomic E-state index is 12.2. The molecule has 5 nitrogen and oxygen atoms in total. The number of allylic oxidation sites excluding steroid dienone is 8. The van der Waals surface area contributed by atoms with E-state index in [1.807, 2.05) is 0 Å². The van der Waals surface area contributed by atoms with E-state index < -0.39 is 6.10 Å². The van der Waals surface area contributed by atoms with E-state index in [4.69, 9.17) is 9.47 Å². The molecule has 0 spiro atoms. The van der Waals surface area contributed by atoms with Gasteiger partial charge in [-0.3, -0.25) is 9.59 Å². The highest BCUT2D eigenvalue weighted by Gasteiger charge is 2.16. The summed E-state index contributed by atoms with van der Waals surface area (Å²) in [5, 5.41) is 9.60. The summed E-state index contributed by atoms with van der Waals surface area (Å²) in [4.78, 5) is 24.4. The molecule has 0 aliphatic heterocycles. The fourth-order valence-corrected chi connectivity index (χ4v) is 6.90. The first-order chi connectivity index (χ1) is 27.6. The van der Waals surface area contributed by atoms with Gasteiger partial charge in [-0.05, 0) is 77.0 Å². The largest absolute Gasteiger partial charge is 0.462 e. The van der Waals surface area contributed by atoms with Crippen molar-refractivity contribution in [3.8, 4) is 0 Å². The van der Waals surface area contributed by atoms with Gasteiger partial charge in [0.05, 0.1) is 6.61 Å². The molecule has 0 unspecified atom stereocenters. The van der Waals surface area contributed by atoms with Crippen LogP contribution in [0.4, 0.5) is 0 Å². The molecule has 5 heteroatoms. The minimum Gasteiger partial charge on any atom is -0.462 e. The summed E-state index contributed by atoms with van der Waals surface area (Å²) >= 11 is 0. The van der Waals surface area contributed by atoms with Crippen LogP contribution < -0.4 is 0 Å². The van der Waals surface area contributed by atoms with Gasteiger partial charge in [-0.2, -0.15) is 0 Å². The number of ether oxygens (including phenoxy) is 2. The summed E-state index contributed by atoms with van der Waals surface area (Å²) in [6.07, 6.45) is 60.6. The first kappa shape index (κ1) is 53.9. The Bertz CT molecular complexity index is 935. The summed E-state index contributed by atoms with van der Waals surface area (Å²) in [6.45, 7) is 4.10. The van der Waals surface area contributed by atoms with E-state index in [-0.39, 0.29) is 25.2 Å². The first-order valence-corrected chi connectivity index (χ1v) is 24.2. The number of hydrogen-bond donors (Lipinski definition) is 1. The number of unbranched alkanes of at least 4 members (excludes halogenated alkanes) is 28. The molecule has 0 heterocycles.